The lowest BCUT2D eigenvalue weighted by molar-refractivity contribution is -0.140. The third-order valence-corrected chi connectivity index (χ3v) is 6.78. The minimum absolute atomic E-state index is 0.113. The maximum atomic E-state index is 13.2. The second-order valence-corrected chi connectivity index (χ2v) is 9.64. The van der Waals surface area contributed by atoms with Crippen LogP contribution in [0.3, 0.4) is 0 Å². The second kappa shape index (κ2) is 11.8. The van der Waals surface area contributed by atoms with E-state index >= 15 is 0 Å². The largest absolute Gasteiger partial charge is 0.507 e. The summed E-state index contributed by atoms with van der Waals surface area (Å²) < 4.78 is 11.9. The molecule has 0 aromatic heterocycles. The van der Waals surface area contributed by atoms with Crippen LogP contribution >= 0.6 is 15.9 Å². The number of ether oxygens (including phenoxy) is 2. The molecule has 2 heterocycles. The molecule has 2 aliphatic rings. The first-order valence-electron chi connectivity index (χ1n) is 12.1. The quantitative estimate of drug-likeness (QED) is 0.287. The summed E-state index contributed by atoms with van der Waals surface area (Å²) in [5, 5.41) is 11.2. The van der Waals surface area contributed by atoms with Crippen molar-refractivity contribution in [1.29, 1.82) is 0 Å². The minimum Gasteiger partial charge on any atom is -0.507 e. The van der Waals surface area contributed by atoms with Crippen molar-refractivity contribution in [2.45, 2.75) is 25.8 Å². The monoisotopic (exact) mass is 542 g/mol. The van der Waals surface area contributed by atoms with Crippen LogP contribution in [0.15, 0.2) is 58.6 Å². The van der Waals surface area contributed by atoms with Gasteiger partial charge in [-0.1, -0.05) is 35.0 Å². The summed E-state index contributed by atoms with van der Waals surface area (Å²) in [6.07, 6.45) is 1.62. The Kier molecular flexibility index (Phi) is 8.59. The lowest BCUT2D eigenvalue weighted by atomic mass is 9.95. The van der Waals surface area contributed by atoms with Crippen molar-refractivity contribution in [3.05, 3.63) is 69.7 Å². The highest BCUT2D eigenvalue weighted by atomic mass is 79.9. The predicted molar refractivity (Wildman–Crippen MR) is 137 cm³/mol. The standard InChI is InChI=1S/C27H31BrN2O5/c1-2-15-35-22-9-7-19(8-10-22)25(31)23-24(20-5-3-6-21(28)18-20)30(27(33)26(23)32)12-4-11-29-13-16-34-17-14-29/h3,5-10,18,24,31H,2,4,11-17H2,1H3/b25-23+. The minimum atomic E-state index is -0.662. The molecule has 35 heavy (non-hydrogen) atoms. The summed E-state index contributed by atoms with van der Waals surface area (Å²) in [5.41, 5.74) is 1.36. The van der Waals surface area contributed by atoms with Gasteiger partial charge in [0.05, 0.1) is 31.4 Å². The molecular weight excluding hydrogens is 512 g/mol. The van der Waals surface area contributed by atoms with E-state index in [0.29, 0.717) is 37.7 Å². The zero-order valence-corrected chi connectivity index (χ0v) is 21.5. The lowest BCUT2D eigenvalue weighted by Gasteiger charge is -2.29. The van der Waals surface area contributed by atoms with E-state index in [0.717, 1.165) is 42.5 Å². The maximum Gasteiger partial charge on any atom is 0.295 e. The second-order valence-electron chi connectivity index (χ2n) is 8.73. The van der Waals surface area contributed by atoms with Gasteiger partial charge in [0.25, 0.3) is 11.7 Å². The lowest BCUT2D eigenvalue weighted by Crippen LogP contribution is -2.38. The molecule has 2 aromatic rings. The number of halogens is 1. The van der Waals surface area contributed by atoms with E-state index in [1.165, 1.54) is 0 Å². The summed E-state index contributed by atoms with van der Waals surface area (Å²) in [7, 11) is 0. The van der Waals surface area contributed by atoms with Gasteiger partial charge >= 0.3 is 0 Å². The zero-order chi connectivity index (χ0) is 24.8. The fourth-order valence-corrected chi connectivity index (χ4v) is 4.92. The van der Waals surface area contributed by atoms with Gasteiger partial charge in [0, 0.05) is 36.2 Å². The van der Waals surface area contributed by atoms with Gasteiger partial charge in [-0.15, -0.1) is 0 Å². The average molecular weight is 543 g/mol. The van der Waals surface area contributed by atoms with Crippen LogP contribution in [0, 0.1) is 0 Å². The van der Waals surface area contributed by atoms with Crippen LogP contribution in [0.5, 0.6) is 5.75 Å². The van der Waals surface area contributed by atoms with E-state index < -0.39 is 17.7 Å². The van der Waals surface area contributed by atoms with E-state index in [9.17, 15) is 14.7 Å². The number of rotatable bonds is 9. The molecule has 8 heteroatoms. The van der Waals surface area contributed by atoms with Crippen LogP contribution in [0.2, 0.25) is 0 Å². The summed E-state index contributed by atoms with van der Waals surface area (Å²) in [6, 6.07) is 13.8. The van der Waals surface area contributed by atoms with E-state index in [4.69, 9.17) is 9.47 Å². The number of amides is 1. The number of morpholine rings is 1. The number of benzene rings is 2. The number of hydrogen-bond donors (Lipinski definition) is 1. The molecule has 2 aromatic carbocycles. The molecule has 186 valence electrons. The Morgan fingerprint density at radius 1 is 1.11 bits per heavy atom. The number of hydrogen-bond acceptors (Lipinski definition) is 6. The molecule has 0 spiro atoms. The number of carbonyl (C=O) groups excluding carboxylic acids is 2. The molecule has 4 rings (SSSR count). The van der Waals surface area contributed by atoms with E-state index in [2.05, 4.69) is 20.8 Å². The topological polar surface area (TPSA) is 79.3 Å². The molecule has 0 saturated carbocycles. The zero-order valence-electron chi connectivity index (χ0n) is 19.9. The smallest absolute Gasteiger partial charge is 0.295 e. The summed E-state index contributed by atoms with van der Waals surface area (Å²) in [5.74, 6) is -0.729. The van der Waals surface area contributed by atoms with Gasteiger partial charge in [0.1, 0.15) is 11.5 Å². The van der Waals surface area contributed by atoms with Crippen molar-refractivity contribution in [1.82, 2.24) is 9.80 Å². The Hall–Kier alpha value is -2.68. The van der Waals surface area contributed by atoms with Gasteiger partial charge in [-0.05, 0) is 54.8 Å². The number of nitrogens with zero attached hydrogens (tertiary/aromatic N) is 2. The van der Waals surface area contributed by atoms with Crippen LogP contribution in [-0.4, -0.2) is 72.6 Å². The SMILES string of the molecule is CCCOc1ccc(/C(O)=C2\C(=O)C(=O)N(CCCN3CCOCC3)C2c2cccc(Br)c2)cc1. The third kappa shape index (κ3) is 5.94. The van der Waals surface area contributed by atoms with Gasteiger partial charge in [-0.3, -0.25) is 14.5 Å². The summed E-state index contributed by atoms with van der Waals surface area (Å²) in [4.78, 5) is 30.2. The Balaban J connectivity index is 1.63. The first-order valence-corrected chi connectivity index (χ1v) is 12.9. The fraction of sp³-hybridized carbons (Fsp3) is 0.407. The first kappa shape index (κ1) is 25.4. The van der Waals surface area contributed by atoms with Crippen LogP contribution in [0.4, 0.5) is 0 Å². The number of likely N-dealkylation sites (tertiary alicyclic amines) is 1. The molecule has 2 fully saturated rings. The Morgan fingerprint density at radius 3 is 2.54 bits per heavy atom. The number of aliphatic hydroxyl groups excluding tert-OH is 1. The molecule has 1 unspecified atom stereocenters. The molecule has 2 saturated heterocycles. The Labute approximate surface area is 214 Å². The van der Waals surface area contributed by atoms with Crippen molar-refractivity contribution in [3.63, 3.8) is 0 Å². The van der Waals surface area contributed by atoms with Gasteiger partial charge in [0.15, 0.2) is 0 Å². The Morgan fingerprint density at radius 2 is 1.86 bits per heavy atom. The molecule has 1 atom stereocenters. The normalized spacial score (nSPS) is 20.4. The van der Waals surface area contributed by atoms with Gasteiger partial charge in [0.2, 0.25) is 0 Å². The predicted octanol–water partition coefficient (Wildman–Crippen LogP) is 4.38. The van der Waals surface area contributed by atoms with Crippen molar-refractivity contribution in [2.24, 2.45) is 0 Å². The van der Waals surface area contributed by atoms with Crippen LogP contribution < -0.4 is 4.74 Å². The molecule has 1 amide bonds. The van der Waals surface area contributed by atoms with E-state index in [1.54, 1.807) is 29.2 Å². The van der Waals surface area contributed by atoms with Crippen molar-refractivity contribution < 1.29 is 24.2 Å². The molecule has 2 aliphatic heterocycles. The van der Waals surface area contributed by atoms with Crippen LogP contribution in [0.1, 0.15) is 36.9 Å². The molecule has 7 nitrogen and oxygen atoms in total. The van der Waals surface area contributed by atoms with Crippen molar-refractivity contribution in [3.8, 4) is 5.75 Å². The van der Waals surface area contributed by atoms with E-state index in [1.807, 2.05) is 31.2 Å². The molecule has 0 aliphatic carbocycles. The fourth-order valence-electron chi connectivity index (χ4n) is 4.51. The number of carbonyl (C=O) groups is 2. The van der Waals surface area contributed by atoms with Crippen LogP contribution in [0.25, 0.3) is 5.76 Å². The average Bonchev–Trinajstić information content (AvgIpc) is 3.13. The summed E-state index contributed by atoms with van der Waals surface area (Å²) >= 11 is 3.50. The number of aliphatic hydroxyl groups is 1. The highest BCUT2D eigenvalue weighted by molar-refractivity contribution is 9.10. The Bertz CT molecular complexity index is 1080. The molecule has 0 radical (unpaired) electrons. The van der Waals surface area contributed by atoms with Gasteiger partial charge in [-0.2, -0.15) is 0 Å². The number of Topliss-reactive ketones (excluding diaryl/α,β-unsaturated/α-hetero) is 1. The molecular formula is C27H31BrN2O5. The van der Waals surface area contributed by atoms with E-state index in [-0.39, 0.29) is 11.3 Å². The van der Waals surface area contributed by atoms with Crippen LogP contribution in [-0.2, 0) is 14.3 Å². The maximum absolute atomic E-state index is 13.2. The highest BCUT2D eigenvalue weighted by Crippen LogP contribution is 2.40. The van der Waals surface area contributed by atoms with Gasteiger partial charge < -0.3 is 19.5 Å². The van der Waals surface area contributed by atoms with Crippen molar-refractivity contribution in [2.75, 3.05) is 46.0 Å². The van der Waals surface area contributed by atoms with Crippen molar-refractivity contribution >= 4 is 33.4 Å². The summed E-state index contributed by atoms with van der Waals surface area (Å²) in [6.45, 7) is 7.02. The first-order chi connectivity index (χ1) is 17.0. The van der Waals surface area contributed by atoms with Gasteiger partial charge in [-0.25, -0.2) is 0 Å². The number of ketones is 1. The molecule has 0 bridgehead atoms. The molecule has 1 N–H and O–H groups in total. The third-order valence-electron chi connectivity index (χ3n) is 6.28. The highest BCUT2D eigenvalue weighted by Gasteiger charge is 2.45.